The Labute approximate surface area is 135 Å². The van der Waals surface area contributed by atoms with Crippen molar-refractivity contribution in [3.63, 3.8) is 0 Å². The number of nitrogens with one attached hydrogen (secondary N) is 1. The molecule has 0 aliphatic carbocycles. The van der Waals surface area contributed by atoms with Crippen LogP contribution >= 0.6 is 11.6 Å². The molecule has 2 rings (SSSR count). The number of rotatable bonds is 6. The second-order valence-corrected chi connectivity index (χ2v) is 5.97. The van der Waals surface area contributed by atoms with E-state index in [1.54, 1.807) is 17.1 Å². The molecule has 1 N–H and O–H groups in total. The van der Waals surface area contributed by atoms with Crippen molar-refractivity contribution in [2.24, 2.45) is 5.92 Å². The summed E-state index contributed by atoms with van der Waals surface area (Å²) in [7, 11) is 0. The number of amides is 1. The van der Waals surface area contributed by atoms with Gasteiger partial charge >= 0.3 is 0 Å². The highest BCUT2D eigenvalue weighted by Gasteiger charge is 2.19. The van der Waals surface area contributed by atoms with Gasteiger partial charge in [0.25, 0.3) is 0 Å². The van der Waals surface area contributed by atoms with Crippen molar-refractivity contribution >= 4 is 17.5 Å². The van der Waals surface area contributed by atoms with Gasteiger partial charge in [-0.05, 0) is 20.8 Å². The summed E-state index contributed by atoms with van der Waals surface area (Å²) in [4.78, 5) is 12.3. The summed E-state index contributed by atoms with van der Waals surface area (Å²) in [6.07, 6.45) is 5.26. The zero-order valence-electron chi connectivity index (χ0n) is 13.4. The fraction of sp³-hybridized carbons (Fsp3) is 0.533. The van der Waals surface area contributed by atoms with Crippen LogP contribution in [0.2, 0.25) is 5.02 Å². The maximum atomic E-state index is 12.3. The molecule has 0 spiro atoms. The van der Waals surface area contributed by atoms with E-state index in [0.29, 0.717) is 11.6 Å². The van der Waals surface area contributed by atoms with Gasteiger partial charge in [0.15, 0.2) is 0 Å². The molecule has 0 bridgehead atoms. The summed E-state index contributed by atoms with van der Waals surface area (Å²) in [6.45, 7) is 9.16. The van der Waals surface area contributed by atoms with E-state index < -0.39 is 0 Å². The average molecular weight is 324 g/mol. The Bertz CT molecular complexity index is 648. The lowest BCUT2D eigenvalue weighted by molar-refractivity contribution is -0.125. The van der Waals surface area contributed by atoms with Crippen LogP contribution in [0.1, 0.15) is 38.1 Å². The molecule has 2 atom stereocenters. The van der Waals surface area contributed by atoms with Gasteiger partial charge in [0, 0.05) is 24.5 Å². The standard InChI is InChI=1S/C15H22ClN5O/c1-5-20-9-14(12(4)19-20)11(3)18-15(22)10(2)7-21-8-13(16)6-17-21/h6,8-11H,5,7H2,1-4H3,(H,18,22). The molecule has 2 unspecified atom stereocenters. The number of halogens is 1. The van der Waals surface area contributed by atoms with E-state index in [9.17, 15) is 4.79 Å². The zero-order chi connectivity index (χ0) is 16.3. The molecular weight excluding hydrogens is 302 g/mol. The van der Waals surface area contributed by atoms with Crippen molar-refractivity contribution in [1.82, 2.24) is 24.9 Å². The van der Waals surface area contributed by atoms with Gasteiger partial charge in [-0.1, -0.05) is 18.5 Å². The highest BCUT2D eigenvalue weighted by atomic mass is 35.5. The Morgan fingerprint density at radius 1 is 1.36 bits per heavy atom. The van der Waals surface area contributed by atoms with E-state index in [2.05, 4.69) is 15.5 Å². The Kier molecular flexibility index (Phi) is 5.24. The molecule has 0 aliphatic rings. The lowest BCUT2D eigenvalue weighted by atomic mass is 10.1. The first-order chi connectivity index (χ1) is 10.4. The summed E-state index contributed by atoms with van der Waals surface area (Å²) in [5.74, 6) is -0.206. The normalized spacial score (nSPS) is 13.9. The van der Waals surface area contributed by atoms with E-state index in [1.165, 1.54) is 0 Å². The van der Waals surface area contributed by atoms with Crippen molar-refractivity contribution in [2.75, 3.05) is 0 Å². The Morgan fingerprint density at radius 2 is 2.09 bits per heavy atom. The maximum Gasteiger partial charge on any atom is 0.225 e. The lowest BCUT2D eigenvalue weighted by Gasteiger charge is -2.17. The molecule has 2 aromatic rings. The van der Waals surface area contributed by atoms with Crippen LogP contribution in [0.25, 0.3) is 0 Å². The highest BCUT2D eigenvalue weighted by Crippen LogP contribution is 2.17. The SMILES string of the molecule is CCn1cc(C(C)NC(=O)C(C)Cn2cc(Cl)cn2)c(C)n1. The van der Waals surface area contributed by atoms with Gasteiger partial charge in [-0.15, -0.1) is 0 Å². The van der Waals surface area contributed by atoms with Crippen LogP contribution in [-0.2, 0) is 17.9 Å². The molecule has 0 fully saturated rings. The van der Waals surface area contributed by atoms with Crippen LogP contribution < -0.4 is 5.32 Å². The molecule has 0 aliphatic heterocycles. The molecule has 0 radical (unpaired) electrons. The van der Waals surface area contributed by atoms with Crippen LogP contribution in [0, 0.1) is 12.8 Å². The first-order valence-electron chi connectivity index (χ1n) is 7.43. The van der Waals surface area contributed by atoms with E-state index in [1.807, 2.05) is 38.6 Å². The third-order valence-corrected chi connectivity index (χ3v) is 3.84. The fourth-order valence-electron chi connectivity index (χ4n) is 2.36. The number of hydrogen-bond donors (Lipinski definition) is 1. The smallest absolute Gasteiger partial charge is 0.225 e. The van der Waals surface area contributed by atoms with Crippen LogP contribution in [0.15, 0.2) is 18.6 Å². The minimum atomic E-state index is -0.194. The molecule has 120 valence electrons. The van der Waals surface area contributed by atoms with Crippen molar-refractivity contribution in [3.8, 4) is 0 Å². The van der Waals surface area contributed by atoms with Crippen molar-refractivity contribution in [2.45, 2.75) is 46.8 Å². The lowest BCUT2D eigenvalue weighted by Crippen LogP contribution is -2.33. The third kappa shape index (κ3) is 3.88. The Morgan fingerprint density at radius 3 is 2.64 bits per heavy atom. The molecule has 2 heterocycles. The largest absolute Gasteiger partial charge is 0.349 e. The van der Waals surface area contributed by atoms with Gasteiger partial charge < -0.3 is 5.32 Å². The van der Waals surface area contributed by atoms with Gasteiger partial charge in [0.2, 0.25) is 5.91 Å². The predicted molar refractivity (Wildman–Crippen MR) is 85.6 cm³/mol. The number of nitrogens with zero attached hydrogens (tertiary/aromatic N) is 4. The quantitative estimate of drug-likeness (QED) is 0.888. The third-order valence-electron chi connectivity index (χ3n) is 3.64. The minimum absolute atomic E-state index is 0.0113. The van der Waals surface area contributed by atoms with Gasteiger partial charge in [0.05, 0.1) is 35.4 Å². The molecule has 6 nitrogen and oxygen atoms in total. The van der Waals surface area contributed by atoms with Gasteiger partial charge in [-0.2, -0.15) is 10.2 Å². The maximum absolute atomic E-state index is 12.3. The number of hydrogen-bond acceptors (Lipinski definition) is 3. The summed E-state index contributed by atoms with van der Waals surface area (Å²) in [6, 6.07) is -0.0727. The highest BCUT2D eigenvalue weighted by molar-refractivity contribution is 6.30. The first-order valence-corrected chi connectivity index (χ1v) is 7.80. The Hall–Kier alpha value is -1.82. The fourth-order valence-corrected chi connectivity index (χ4v) is 2.51. The average Bonchev–Trinajstić information content (AvgIpc) is 3.04. The molecular formula is C15H22ClN5O. The van der Waals surface area contributed by atoms with Crippen LogP contribution in [0.5, 0.6) is 0 Å². The summed E-state index contributed by atoms with van der Waals surface area (Å²) >= 11 is 5.83. The summed E-state index contributed by atoms with van der Waals surface area (Å²) in [5, 5.41) is 12.1. The molecule has 0 aromatic carbocycles. The van der Waals surface area contributed by atoms with Crippen LogP contribution in [0.3, 0.4) is 0 Å². The first kappa shape index (κ1) is 16.5. The minimum Gasteiger partial charge on any atom is -0.349 e. The van der Waals surface area contributed by atoms with Crippen molar-refractivity contribution in [1.29, 1.82) is 0 Å². The molecule has 0 saturated heterocycles. The molecule has 7 heteroatoms. The van der Waals surface area contributed by atoms with Crippen LogP contribution in [-0.4, -0.2) is 25.5 Å². The van der Waals surface area contributed by atoms with Gasteiger partial charge in [-0.3, -0.25) is 14.2 Å². The van der Waals surface area contributed by atoms with E-state index >= 15 is 0 Å². The molecule has 2 aromatic heterocycles. The number of carbonyl (C=O) groups excluding carboxylic acids is 1. The number of aryl methyl sites for hydroxylation is 2. The van der Waals surface area contributed by atoms with Crippen molar-refractivity contribution in [3.05, 3.63) is 34.9 Å². The second kappa shape index (κ2) is 6.96. The summed E-state index contributed by atoms with van der Waals surface area (Å²) in [5.41, 5.74) is 1.99. The van der Waals surface area contributed by atoms with Gasteiger partial charge in [-0.25, -0.2) is 0 Å². The van der Waals surface area contributed by atoms with Crippen molar-refractivity contribution < 1.29 is 4.79 Å². The summed E-state index contributed by atoms with van der Waals surface area (Å²) < 4.78 is 3.56. The number of aromatic nitrogens is 4. The monoisotopic (exact) mass is 323 g/mol. The Balaban J connectivity index is 1.96. The van der Waals surface area contributed by atoms with E-state index in [-0.39, 0.29) is 17.9 Å². The topological polar surface area (TPSA) is 64.7 Å². The molecule has 22 heavy (non-hydrogen) atoms. The second-order valence-electron chi connectivity index (χ2n) is 5.54. The van der Waals surface area contributed by atoms with Gasteiger partial charge in [0.1, 0.15) is 0 Å². The van der Waals surface area contributed by atoms with E-state index in [4.69, 9.17) is 11.6 Å². The number of carbonyl (C=O) groups is 1. The zero-order valence-corrected chi connectivity index (χ0v) is 14.1. The predicted octanol–water partition coefficient (Wildman–Crippen LogP) is 2.57. The van der Waals surface area contributed by atoms with E-state index in [0.717, 1.165) is 17.8 Å². The molecule has 1 amide bonds. The van der Waals surface area contributed by atoms with Crippen LogP contribution in [0.4, 0.5) is 0 Å². The molecule has 0 saturated carbocycles.